The van der Waals surface area contributed by atoms with Crippen LogP contribution in [-0.2, 0) is 4.75 Å². The van der Waals surface area contributed by atoms with Crippen LogP contribution in [0.1, 0.15) is 23.1 Å². The Kier molecular flexibility index (Phi) is 6.70. The lowest BCUT2D eigenvalue weighted by molar-refractivity contribution is 0.342. The summed E-state index contributed by atoms with van der Waals surface area (Å²) < 4.78 is -0.253. The molecule has 0 aliphatic rings. The molecule has 3 aromatic carbocycles. The standard InChI is InChI=1S/C24H24OS/c25-19-11-4-12-20-26-24(21-13-5-1-6-14-21,22-15-7-2-8-16-22)23-17-9-3-10-18-23/h1-11,13-18,25H,12,19-20H2. The molecular formula is C24H24OS. The molecule has 1 N–H and O–H groups in total. The van der Waals surface area contributed by atoms with E-state index in [1.165, 1.54) is 16.7 Å². The number of hydrogen-bond donors (Lipinski definition) is 1. The summed E-state index contributed by atoms with van der Waals surface area (Å²) in [6, 6.07) is 32.2. The van der Waals surface area contributed by atoms with Gasteiger partial charge >= 0.3 is 0 Å². The molecule has 0 unspecified atom stereocenters. The summed E-state index contributed by atoms with van der Waals surface area (Å²) in [6.07, 6.45) is 4.80. The lowest BCUT2D eigenvalue weighted by atomic mass is 9.84. The van der Waals surface area contributed by atoms with Crippen LogP contribution < -0.4 is 0 Å². The number of aliphatic hydroxyl groups excluding tert-OH is 1. The maximum atomic E-state index is 8.97. The molecule has 0 saturated heterocycles. The quantitative estimate of drug-likeness (QED) is 0.318. The lowest BCUT2D eigenvalue weighted by Gasteiger charge is -2.35. The van der Waals surface area contributed by atoms with Crippen LogP contribution in [0.3, 0.4) is 0 Å². The van der Waals surface area contributed by atoms with Crippen LogP contribution in [0.4, 0.5) is 0 Å². The largest absolute Gasteiger partial charge is 0.392 e. The summed E-state index contributed by atoms with van der Waals surface area (Å²) in [7, 11) is 0. The maximum absolute atomic E-state index is 8.97. The molecule has 0 aromatic heterocycles. The van der Waals surface area contributed by atoms with E-state index in [9.17, 15) is 0 Å². The highest BCUT2D eigenvalue weighted by Gasteiger charge is 2.36. The van der Waals surface area contributed by atoms with E-state index in [-0.39, 0.29) is 11.4 Å². The van der Waals surface area contributed by atoms with Gasteiger partial charge in [0.25, 0.3) is 0 Å². The van der Waals surface area contributed by atoms with Gasteiger partial charge in [-0.3, -0.25) is 0 Å². The first-order valence-electron chi connectivity index (χ1n) is 8.94. The first-order valence-corrected chi connectivity index (χ1v) is 9.93. The van der Waals surface area contributed by atoms with Crippen molar-refractivity contribution in [3.8, 4) is 0 Å². The van der Waals surface area contributed by atoms with Gasteiger partial charge in [-0.2, -0.15) is 0 Å². The highest BCUT2D eigenvalue weighted by Crippen LogP contribution is 2.48. The second kappa shape index (κ2) is 9.42. The van der Waals surface area contributed by atoms with Gasteiger partial charge in [0.1, 0.15) is 0 Å². The van der Waals surface area contributed by atoms with Crippen molar-refractivity contribution in [3.05, 3.63) is 120 Å². The third-order valence-corrected chi connectivity index (χ3v) is 6.00. The zero-order valence-electron chi connectivity index (χ0n) is 14.8. The Labute approximate surface area is 160 Å². The second-order valence-electron chi connectivity index (χ2n) is 6.07. The Morgan fingerprint density at radius 2 is 1.08 bits per heavy atom. The van der Waals surface area contributed by atoms with E-state index in [2.05, 4.69) is 97.1 Å². The smallest absolute Gasteiger partial charge is 0.0907 e. The summed E-state index contributed by atoms with van der Waals surface area (Å²) in [6.45, 7) is 0.103. The first-order chi connectivity index (χ1) is 12.9. The molecular weight excluding hydrogens is 336 g/mol. The normalized spacial score (nSPS) is 11.7. The third-order valence-electron chi connectivity index (χ3n) is 4.42. The van der Waals surface area contributed by atoms with Gasteiger partial charge in [0.05, 0.1) is 11.4 Å². The van der Waals surface area contributed by atoms with Crippen LogP contribution in [0.5, 0.6) is 0 Å². The fraction of sp³-hybridized carbons (Fsp3) is 0.167. The van der Waals surface area contributed by atoms with Crippen molar-refractivity contribution in [2.24, 2.45) is 0 Å². The molecule has 0 atom stereocenters. The minimum absolute atomic E-state index is 0.103. The zero-order valence-corrected chi connectivity index (χ0v) is 15.6. The highest BCUT2D eigenvalue weighted by molar-refractivity contribution is 8.00. The summed E-state index contributed by atoms with van der Waals surface area (Å²) in [5.74, 6) is 0.967. The Hall–Kier alpha value is -2.29. The van der Waals surface area contributed by atoms with Gasteiger partial charge in [0.15, 0.2) is 0 Å². The molecule has 0 aliphatic carbocycles. The zero-order chi connectivity index (χ0) is 18.1. The minimum Gasteiger partial charge on any atom is -0.392 e. The number of rotatable bonds is 8. The van der Waals surface area contributed by atoms with E-state index in [1.54, 1.807) is 0 Å². The lowest BCUT2D eigenvalue weighted by Crippen LogP contribution is -2.26. The van der Waals surface area contributed by atoms with Crippen LogP contribution in [0.2, 0.25) is 0 Å². The molecule has 2 heteroatoms. The number of hydrogen-bond acceptors (Lipinski definition) is 2. The van der Waals surface area contributed by atoms with Crippen molar-refractivity contribution < 1.29 is 5.11 Å². The fourth-order valence-corrected chi connectivity index (χ4v) is 4.71. The Morgan fingerprint density at radius 1 is 0.654 bits per heavy atom. The summed E-state index contributed by atoms with van der Waals surface area (Å²) in [4.78, 5) is 0. The molecule has 132 valence electrons. The predicted molar refractivity (Wildman–Crippen MR) is 113 cm³/mol. The predicted octanol–water partition coefficient (Wildman–Crippen LogP) is 5.65. The Bertz CT molecular complexity index is 701. The van der Waals surface area contributed by atoms with Gasteiger partial charge in [0.2, 0.25) is 0 Å². The monoisotopic (exact) mass is 360 g/mol. The molecule has 3 rings (SSSR count). The van der Waals surface area contributed by atoms with E-state index in [0.29, 0.717) is 0 Å². The van der Waals surface area contributed by atoms with E-state index in [1.807, 2.05) is 17.8 Å². The van der Waals surface area contributed by atoms with Crippen LogP contribution in [0.15, 0.2) is 103 Å². The van der Waals surface area contributed by atoms with Gasteiger partial charge in [-0.15, -0.1) is 11.8 Å². The molecule has 0 bridgehead atoms. The van der Waals surface area contributed by atoms with Gasteiger partial charge < -0.3 is 5.11 Å². The summed E-state index contributed by atoms with van der Waals surface area (Å²) >= 11 is 1.95. The van der Waals surface area contributed by atoms with Crippen LogP contribution in [0, 0.1) is 0 Å². The summed E-state index contributed by atoms with van der Waals surface area (Å²) in [5.41, 5.74) is 3.86. The molecule has 26 heavy (non-hydrogen) atoms. The number of allylic oxidation sites excluding steroid dienone is 1. The van der Waals surface area contributed by atoms with Crippen LogP contribution >= 0.6 is 11.8 Å². The molecule has 3 aromatic rings. The molecule has 1 nitrogen and oxygen atoms in total. The van der Waals surface area contributed by atoms with Gasteiger partial charge in [-0.1, -0.05) is 103 Å². The van der Waals surface area contributed by atoms with Crippen molar-refractivity contribution in [1.29, 1.82) is 0 Å². The SMILES string of the molecule is OCC=CCCSC(c1ccccc1)(c1ccccc1)c1ccccc1. The van der Waals surface area contributed by atoms with E-state index in [4.69, 9.17) is 5.11 Å². The maximum Gasteiger partial charge on any atom is 0.0907 e. The number of aliphatic hydroxyl groups is 1. The van der Waals surface area contributed by atoms with Crippen LogP contribution in [0.25, 0.3) is 0 Å². The molecule has 0 spiro atoms. The van der Waals surface area contributed by atoms with Gasteiger partial charge in [-0.25, -0.2) is 0 Å². The Balaban J connectivity index is 2.10. The highest BCUT2D eigenvalue weighted by atomic mass is 32.2. The van der Waals surface area contributed by atoms with Crippen LogP contribution in [-0.4, -0.2) is 17.5 Å². The van der Waals surface area contributed by atoms with E-state index >= 15 is 0 Å². The molecule has 0 amide bonds. The third kappa shape index (κ3) is 4.09. The summed E-state index contributed by atoms with van der Waals surface area (Å²) in [5, 5.41) is 8.97. The van der Waals surface area contributed by atoms with E-state index < -0.39 is 0 Å². The number of benzene rings is 3. The van der Waals surface area contributed by atoms with Gasteiger partial charge in [-0.05, 0) is 28.9 Å². The topological polar surface area (TPSA) is 20.2 Å². The Morgan fingerprint density at radius 3 is 1.46 bits per heavy atom. The van der Waals surface area contributed by atoms with Crippen molar-refractivity contribution >= 4 is 11.8 Å². The molecule has 0 saturated carbocycles. The average molecular weight is 361 g/mol. The number of thioether (sulfide) groups is 1. The molecule has 0 radical (unpaired) electrons. The van der Waals surface area contributed by atoms with Crippen molar-refractivity contribution in [2.45, 2.75) is 11.2 Å². The first kappa shape index (κ1) is 18.5. The van der Waals surface area contributed by atoms with E-state index in [0.717, 1.165) is 12.2 Å². The van der Waals surface area contributed by atoms with Crippen molar-refractivity contribution in [2.75, 3.05) is 12.4 Å². The molecule has 0 heterocycles. The molecule has 0 aliphatic heterocycles. The van der Waals surface area contributed by atoms with Gasteiger partial charge in [0, 0.05) is 0 Å². The second-order valence-corrected chi connectivity index (χ2v) is 7.38. The van der Waals surface area contributed by atoms with Crippen molar-refractivity contribution in [1.82, 2.24) is 0 Å². The fourth-order valence-electron chi connectivity index (χ4n) is 3.24. The van der Waals surface area contributed by atoms with Crippen molar-refractivity contribution in [3.63, 3.8) is 0 Å². The molecule has 0 fully saturated rings. The average Bonchev–Trinajstić information content (AvgIpc) is 2.73. The minimum atomic E-state index is -0.253.